The van der Waals surface area contributed by atoms with Gasteiger partial charge in [0.05, 0.1) is 5.69 Å². The Morgan fingerprint density at radius 1 is 1.50 bits per heavy atom. The van der Waals surface area contributed by atoms with Gasteiger partial charge in [-0.1, -0.05) is 0 Å². The van der Waals surface area contributed by atoms with E-state index in [4.69, 9.17) is 5.73 Å². The maximum atomic E-state index is 5.86. The summed E-state index contributed by atoms with van der Waals surface area (Å²) in [5, 5.41) is 7.54. The lowest BCUT2D eigenvalue weighted by atomic mass is 10.2. The average Bonchev–Trinajstić information content (AvgIpc) is 3.08. The zero-order valence-electron chi connectivity index (χ0n) is 11.5. The second-order valence-electron chi connectivity index (χ2n) is 5.10. The molecule has 3 heterocycles. The molecule has 6 heteroatoms. The van der Waals surface area contributed by atoms with Crippen molar-refractivity contribution in [2.24, 2.45) is 0 Å². The van der Waals surface area contributed by atoms with Gasteiger partial charge >= 0.3 is 0 Å². The van der Waals surface area contributed by atoms with Gasteiger partial charge in [-0.15, -0.1) is 0 Å². The number of nitrogen functional groups attached to an aromatic ring is 1. The zero-order valence-corrected chi connectivity index (χ0v) is 12.4. The summed E-state index contributed by atoms with van der Waals surface area (Å²) in [6.07, 6.45) is 1.95. The van der Waals surface area contributed by atoms with Crippen molar-refractivity contribution in [1.29, 1.82) is 0 Å². The highest BCUT2D eigenvalue weighted by atomic mass is 32.1. The van der Waals surface area contributed by atoms with E-state index in [1.165, 1.54) is 5.56 Å². The Kier molecular flexibility index (Phi) is 3.84. The lowest BCUT2D eigenvalue weighted by Crippen LogP contribution is -2.30. The van der Waals surface area contributed by atoms with Crippen LogP contribution in [0, 0.1) is 0 Å². The quantitative estimate of drug-likeness (QED) is 0.893. The maximum absolute atomic E-state index is 5.86. The number of thiophene rings is 1. The van der Waals surface area contributed by atoms with Gasteiger partial charge in [0, 0.05) is 31.6 Å². The molecule has 0 saturated carbocycles. The molecule has 3 N–H and O–H groups in total. The molecule has 2 aromatic heterocycles. The lowest BCUT2D eigenvalue weighted by molar-refractivity contribution is 0.616. The molecule has 0 aromatic carbocycles. The number of hydrogen-bond donors (Lipinski definition) is 2. The van der Waals surface area contributed by atoms with Crippen molar-refractivity contribution >= 4 is 23.1 Å². The Labute approximate surface area is 122 Å². The first kappa shape index (κ1) is 13.3. The number of hydrogen-bond acceptors (Lipinski definition) is 6. The van der Waals surface area contributed by atoms with Gasteiger partial charge < -0.3 is 16.0 Å². The summed E-state index contributed by atoms with van der Waals surface area (Å²) < 4.78 is 0. The van der Waals surface area contributed by atoms with Crippen LogP contribution in [0.4, 0.5) is 11.8 Å². The molecule has 0 radical (unpaired) electrons. The van der Waals surface area contributed by atoms with Crippen LogP contribution in [0.2, 0.25) is 0 Å². The first-order valence-electron chi connectivity index (χ1n) is 6.81. The van der Waals surface area contributed by atoms with Crippen LogP contribution in [0.3, 0.4) is 0 Å². The Morgan fingerprint density at radius 2 is 2.40 bits per heavy atom. The minimum atomic E-state index is 0.362. The van der Waals surface area contributed by atoms with E-state index >= 15 is 0 Å². The molecule has 20 heavy (non-hydrogen) atoms. The highest BCUT2D eigenvalue weighted by Gasteiger charge is 2.22. The van der Waals surface area contributed by atoms with Crippen LogP contribution >= 0.6 is 11.3 Å². The van der Waals surface area contributed by atoms with E-state index in [9.17, 15) is 0 Å². The minimum Gasteiger partial charge on any atom is -0.368 e. The average molecular weight is 289 g/mol. The van der Waals surface area contributed by atoms with Crippen molar-refractivity contribution < 1.29 is 0 Å². The third kappa shape index (κ3) is 2.91. The summed E-state index contributed by atoms with van der Waals surface area (Å²) in [5.74, 6) is 1.31. The number of nitrogens with zero attached hydrogens (tertiary/aromatic N) is 3. The first-order valence-corrected chi connectivity index (χ1v) is 7.75. The second-order valence-corrected chi connectivity index (χ2v) is 5.88. The molecule has 0 aliphatic carbocycles. The zero-order chi connectivity index (χ0) is 13.9. The minimum absolute atomic E-state index is 0.362. The van der Waals surface area contributed by atoms with E-state index in [1.54, 1.807) is 11.3 Å². The molecule has 1 fully saturated rings. The molecule has 1 saturated heterocycles. The normalized spacial score (nSPS) is 18.6. The van der Waals surface area contributed by atoms with Crippen molar-refractivity contribution in [1.82, 2.24) is 15.3 Å². The molecule has 0 spiro atoms. The molecule has 0 amide bonds. The van der Waals surface area contributed by atoms with Gasteiger partial charge in [0.1, 0.15) is 5.82 Å². The Hall–Kier alpha value is -1.66. The molecule has 1 atom stereocenters. The maximum Gasteiger partial charge on any atom is 0.222 e. The number of anilines is 2. The van der Waals surface area contributed by atoms with Crippen LogP contribution in [-0.4, -0.2) is 36.1 Å². The smallest absolute Gasteiger partial charge is 0.222 e. The van der Waals surface area contributed by atoms with Crippen LogP contribution in [0.5, 0.6) is 0 Å². The largest absolute Gasteiger partial charge is 0.368 e. The summed E-state index contributed by atoms with van der Waals surface area (Å²) in [5.41, 5.74) is 8.12. The van der Waals surface area contributed by atoms with Gasteiger partial charge in [-0.05, 0) is 35.9 Å². The highest BCUT2D eigenvalue weighted by molar-refractivity contribution is 7.07. The predicted octanol–water partition coefficient (Wildman–Crippen LogP) is 1.51. The van der Waals surface area contributed by atoms with Gasteiger partial charge in [0.15, 0.2) is 0 Å². The molecule has 2 aromatic rings. The van der Waals surface area contributed by atoms with Crippen molar-refractivity contribution in [3.63, 3.8) is 0 Å². The Morgan fingerprint density at radius 3 is 3.10 bits per heavy atom. The molecule has 0 unspecified atom stereocenters. The molecule has 3 rings (SSSR count). The fraction of sp³-hybridized carbons (Fsp3) is 0.429. The van der Waals surface area contributed by atoms with Crippen LogP contribution < -0.4 is 16.0 Å². The first-order chi connectivity index (χ1) is 9.74. The summed E-state index contributed by atoms with van der Waals surface area (Å²) in [6, 6.07) is 4.72. The monoisotopic (exact) mass is 289 g/mol. The van der Waals surface area contributed by atoms with Gasteiger partial charge in [-0.25, -0.2) is 4.98 Å². The number of nitrogens with two attached hydrogens (primary N) is 1. The van der Waals surface area contributed by atoms with Crippen molar-refractivity contribution in [2.75, 3.05) is 30.8 Å². The van der Waals surface area contributed by atoms with E-state index in [-0.39, 0.29) is 0 Å². The van der Waals surface area contributed by atoms with Crippen LogP contribution in [0.25, 0.3) is 0 Å². The SMILES string of the molecule is CN[C@@H]1CCN(c2cc(Cc3ccsc3)nc(N)n2)C1. The number of aromatic nitrogens is 2. The second kappa shape index (κ2) is 5.76. The fourth-order valence-corrected chi connectivity index (χ4v) is 3.23. The van der Waals surface area contributed by atoms with Gasteiger partial charge in [0.2, 0.25) is 5.95 Å². The standard InChI is InChI=1S/C14H19N5S/c1-16-11-2-4-19(8-11)13-7-12(17-14(15)18-13)6-10-3-5-20-9-10/h3,5,7,9,11,16H,2,4,6,8H2,1H3,(H2,15,17,18)/t11-/m1/s1. The third-order valence-corrected chi connectivity index (χ3v) is 4.40. The van der Waals surface area contributed by atoms with Gasteiger partial charge in [-0.2, -0.15) is 16.3 Å². The van der Waals surface area contributed by atoms with Crippen molar-refractivity contribution in [3.8, 4) is 0 Å². The molecule has 5 nitrogen and oxygen atoms in total. The topological polar surface area (TPSA) is 67.1 Å². The van der Waals surface area contributed by atoms with Gasteiger partial charge in [-0.3, -0.25) is 0 Å². The third-order valence-electron chi connectivity index (χ3n) is 3.67. The van der Waals surface area contributed by atoms with Crippen LogP contribution in [0.15, 0.2) is 22.9 Å². The molecule has 0 bridgehead atoms. The van der Waals surface area contributed by atoms with E-state index in [1.807, 2.05) is 7.05 Å². The molecule has 106 valence electrons. The van der Waals surface area contributed by atoms with E-state index < -0.39 is 0 Å². The summed E-state index contributed by atoms with van der Waals surface area (Å²) in [4.78, 5) is 11.0. The molecular formula is C14H19N5S. The molecular weight excluding hydrogens is 270 g/mol. The van der Waals surface area contributed by atoms with E-state index in [2.05, 4.69) is 43.1 Å². The predicted molar refractivity (Wildman–Crippen MR) is 83.2 cm³/mol. The van der Waals surface area contributed by atoms with Crippen LogP contribution in [0.1, 0.15) is 17.7 Å². The van der Waals surface area contributed by atoms with E-state index in [0.717, 1.165) is 37.4 Å². The summed E-state index contributed by atoms with van der Waals surface area (Å²) in [6.45, 7) is 1.99. The summed E-state index contributed by atoms with van der Waals surface area (Å²) >= 11 is 1.70. The summed E-state index contributed by atoms with van der Waals surface area (Å²) in [7, 11) is 2.00. The highest BCUT2D eigenvalue weighted by Crippen LogP contribution is 2.21. The molecule has 1 aliphatic heterocycles. The number of likely N-dealkylation sites (N-methyl/N-ethyl adjacent to an activating group) is 1. The number of rotatable bonds is 4. The van der Waals surface area contributed by atoms with E-state index in [0.29, 0.717) is 12.0 Å². The lowest BCUT2D eigenvalue weighted by Gasteiger charge is -2.18. The number of nitrogens with one attached hydrogen (secondary N) is 1. The molecule has 1 aliphatic rings. The fourth-order valence-electron chi connectivity index (χ4n) is 2.56. The Bertz CT molecular complexity index is 569. The van der Waals surface area contributed by atoms with Crippen molar-refractivity contribution in [2.45, 2.75) is 18.9 Å². The van der Waals surface area contributed by atoms with Crippen molar-refractivity contribution in [3.05, 3.63) is 34.2 Å². The van der Waals surface area contributed by atoms with Crippen LogP contribution in [-0.2, 0) is 6.42 Å². The van der Waals surface area contributed by atoms with Gasteiger partial charge in [0.25, 0.3) is 0 Å². The Balaban J connectivity index is 1.80.